The Bertz CT molecular complexity index is 1020. The minimum atomic E-state index is 0.0337. The summed E-state index contributed by atoms with van der Waals surface area (Å²) in [7, 11) is 0. The van der Waals surface area contributed by atoms with Crippen LogP contribution in [0, 0.1) is 5.92 Å². The number of aromatic nitrogens is 4. The first-order valence-electron chi connectivity index (χ1n) is 9.92. The highest BCUT2D eigenvalue weighted by molar-refractivity contribution is 5.94. The van der Waals surface area contributed by atoms with Crippen LogP contribution in [0.1, 0.15) is 12.8 Å². The molecule has 1 saturated heterocycles. The van der Waals surface area contributed by atoms with E-state index in [2.05, 4.69) is 30.2 Å². The van der Waals surface area contributed by atoms with E-state index in [9.17, 15) is 4.79 Å². The van der Waals surface area contributed by atoms with Crippen LogP contribution in [0.3, 0.4) is 0 Å². The second-order valence-corrected chi connectivity index (χ2v) is 7.51. The predicted molar refractivity (Wildman–Crippen MR) is 108 cm³/mol. The van der Waals surface area contributed by atoms with E-state index < -0.39 is 0 Å². The van der Waals surface area contributed by atoms with Gasteiger partial charge >= 0.3 is 0 Å². The van der Waals surface area contributed by atoms with Gasteiger partial charge in [-0.25, -0.2) is 9.97 Å². The minimum absolute atomic E-state index is 0.0337. The van der Waals surface area contributed by atoms with Crippen LogP contribution in [0.4, 0.5) is 5.82 Å². The van der Waals surface area contributed by atoms with Crippen molar-refractivity contribution in [2.24, 2.45) is 5.92 Å². The van der Waals surface area contributed by atoms with Crippen molar-refractivity contribution in [1.82, 2.24) is 24.8 Å². The van der Waals surface area contributed by atoms with Crippen molar-refractivity contribution in [3.8, 4) is 11.4 Å². The molecule has 1 saturated carbocycles. The SMILES string of the molecule is O=C(Nc1cc2nc(-c3cnccn3)ccc2cn1)C1CC(N2CCOCC2)C1. The van der Waals surface area contributed by atoms with E-state index in [4.69, 9.17) is 4.74 Å². The van der Waals surface area contributed by atoms with E-state index in [1.807, 2.05) is 18.2 Å². The molecule has 148 valence electrons. The zero-order chi connectivity index (χ0) is 19.6. The van der Waals surface area contributed by atoms with Crippen LogP contribution in [0.2, 0.25) is 0 Å². The van der Waals surface area contributed by atoms with Crippen molar-refractivity contribution in [2.75, 3.05) is 31.6 Å². The maximum atomic E-state index is 12.6. The molecule has 2 aliphatic rings. The molecule has 29 heavy (non-hydrogen) atoms. The second kappa shape index (κ2) is 7.81. The van der Waals surface area contributed by atoms with Crippen LogP contribution < -0.4 is 5.32 Å². The van der Waals surface area contributed by atoms with Crippen molar-refractivity contribution in [2.45, 2.75) is 18.9 Å². The highest BCUT2D eigenvalue weighted by Gasteiger charge is 2.38. The molecule has 0 atom stereocenters. The molecule has 8 heteroatoms. The fourth-order valence-electron chi connectivity index (χ4n) is 3.93. The van der Waals surface area contributed by atoms with Gasteiger partial charge in [-0.15, -0.1) is 0 Å². The van der Waals surface area contributed by atoms with Crippen LogP contribution in [0.15, 0.2) is 43.0 Å². The molecule has 8 nitrogen and oxygen atoms in total. The summed E-state index contributed by atoms with van der Waals surface area (Å²) in [5, 5.41) is 3.87. The fraction of sp³-hybridized carbons (Fsp3) is 0.381. The number of rotatable bonds is 4. The molecule has 1 aliphatic heterocycles. The molecule has 4 heterocycles. The number of carbonyl (C=O) groups is 1. The molecule has 0 unspecified atom stereocenters. The summed E-state index contributed by atoms with van der Waals surface area (Å²) in [4.78, 5) is 32.5. The number of ether oxygens (including phenoxy) is 1. The zero-order valence-electron chi connectivity index (χ0n) is 16.0. The van der Waals surface area contributed by atoms with Gasteiger partial charge in [0.1, 0.15) is 11.5 Å². The largest absolute Gasteiger partial charge is 0.379 e. The summed E-state index contributed by atoms with van der Waals surface area (Å²) in [6.07, 6.45) is 8.48. The molecule has 0 spiro atoms. The Kier molecular flexibility index (Phi) is 4.87. The number of pyridine rings is 2. The number of fused-ring (bicyclic) bond motifs is 1. The smallest absolute Gasteiger partial charge is 0.228 e. The normalized spacial score (nSPS) is 22.2. The van der Waals surface area contributed by atoms with Gasteiger partial charge in [0, 0.05) is 55.1 Å². The Labute approximate surface area is 168 Å². The van der Waals surface area contributed by atoms with Gasteiger partial charge in [0.2, 0.25) is 5.91 Å². The van der Waals surface area contributed by atoms with Gasteiger partial charge in [-0.3, -0.25) is 19.7 Å². The van der Waals surface area contributed by atoms with Crippen molar-refractivity contribution in [1.29, 1.82) is 0 Å². The molecule has 3 aromatic rings. The molecule has 1 N–H and O–H groups in total. The molecule has 5 rings (SSSR count). The number of amides is 1. The number of anilines is 1. The Hall–Kier alpha value is -2.97. The highest BCUT2D eigenvalue weighted by atomic mass is 16.5. The molecular formula is C21H22N6O2. The predicted octanol–water partition coefficient (Wildman–Crippen LogP) is 2.14. The summed E-state index contributed by atoms with van der Waals surface area (Å²) in [5.41, 5.74) is 2.21. The quantitative estimate of drug-likeness (QED) is 0.729. The minimum Gasteiger partial charge on any atom is -0.379 e. The van der Waals surface area contributed by atoms with E-state index in [0.29, 0.717) is 17.6 Å². The maximum absolute atomic E-state index is 12.6. The third-order valence-corrected chi connectivity index (χ3v) is 5.70. The van der Waals surface area contributed by atoms with Crippen LogP contribution in [-0.2, 0) is 9.53 Å². The second-order valence-electron chi connectivity index (χ2n) is 7.51. The van der Waals surface area contributed by atoms with Crippen LogP contribution >= 0.6 is 0 Å². The first-order valence-corrected chi connectivity index (χ1v) is 9.92. The molecule has 2 fully saturated rings. The summed E-state index contributed by atoms with van der Waals surface area (Å²) in [6, 6.07) is 6.15. The van der Waals surface area contributed by atoms with Crippen molar-refractivity contribution >= 4 is 22.6 Å². The van der Waals surface area contributed by atoms with Gasteiger partial charge in [-0.2, -0.15) is 0 Å². The van der Waals surface area contributed by atoms with Crippen LogP contribution in [0.5, 0.6) is 0 Å². The van der Waals surface area contributed by atoms with Crippen molar-refractivity contribution < 1.29 is 9.53 Å². The average molecular weight is 390 g/mol. The van der Waals surface area contributed by atoms with E-state index in [1.54, 1.807) is 24.8 Å². The van der Waals surface area contributed by atoms with Crippen LogP contribution in [-0.4, -0.2) is 63.1 Å². The molecule has 0 aromatic carbocycles. The van der Waals surface area contributed by atoms with E-state index in [0.717, 1.165) is 55.7 Å². The lowest BCUT2D eigenvalue weighted by atomic mass is 9.78. The third kappa shape index (κ3) is 3.81. The topological polar surface area (TPSA) is 93.1 Å². The summed E-state index contributed by atoms with van der Waals surface area (Å²) in [5.74, 6) is 0.604. The number of carbonyl (C=O) groups excluding carboxylic acids is 1. The van der Waals surface area contributed by atoms with Gasteiger partial charge in [-0.05, 0) is 25.0 Å². The number of hydrogen-bond donors (Lipinski definition) is 1. The lowest BCUT2D eigenvalue weighted by Gasteiger charge is -2.43. The number of hydrogen-bond acceptors (Lipinski definition) is 7. The first kappa shape index (κ1) is 18.1. The monoisotopic (exact) mass is 390 g/mol. The summed E-state index contributed by atoms with van der Waals surface area (Å²) in [6.45, 7) is 3.51. The molecular weight excluding hydrogens is 368 g/mol. The van der Waals surface area contributed by atoms with Crippen molar-refractivity contribution in [3.63, 3.8) is 0 Å². The lowest BCUT2D eigenvalue weighted by molar-refractivity contribution is -0.125. The molecule has 0 radical (unpaired) electrons. The van der Waals surface area contributed by atoms with Gasteiger partial charge in [0.25, 0.3) is 0 Å². The Balaban J connectivity index is 1.26. The Morgan fingerprint density at radius 1 is 1.07 bits per heavy atom. The number of morpholine rings is 1. The lowest BCUT2D eigenvalue weighted by Crippen LogP contribution is -2.52. The molecule has 1 aliphatic carbocycles. The van der Waals surface area contributed by atoms with Gasteiger partial charge in [0.05, 0.1) is 30.6 Å². The van der Waals surface area contributed by atoms with E-state index in [-0.39, 0.29) is 11.8 Å². The highest BCUT2D eigenvalue weighted by Crippen LogP contribution is 2.33. The standard InChI is InChI=1S/C21H22N6O2/c28-21(15-9-16(10-15)27-5-7-29-8-6-27)26-20-11-18-14(12-24-20)1-2-17(25-18)19-13-22-3-4-23-19/h1-4,11-13,15-16H,5-10H2,(H,24,26,28). The molecule has 0 bridgehead atoms. The Morgan fingerprint density at radius 3 is 2.72 bits per heavy atom. The van der Waals surface area contributed by atoms with Crippen molar-refractivity contribution in [3.05, 3.63) is 43.0 Å². The summed E-state index contributed by atoms with van der Waals surface area (Å²) < 4.78 is 5.40. The van der Waals surface area contributed by atoms with E-state index >= 15 is 0 Å². The number of nitrogens with zero attached hydrogens (tertiary/aromatic N) is 5. The maximum Gasteiger partial charge on any atom is 0.228 e. The first-order chi connectivity index (χ1) is 14.3. The Morgan fingerprint density at radius 2 is 1.93 bits per heavy atom. The number of nitrogens with one attached hydrogen (secondary N) is 1. The molecule has 3 aromatic heterocycles. The zero-order valence-corrected chi connectivity index (χ0v) is 16.0. The van der Waals surface area contributed by atoms with Gasteiger partial charge < -0.3 is 10.1 Å². The van der Waals surface area contributed by atoms with Gasteiger partial charge in [-0.1, -0.05) is 0 Å². The fourth-order valence-corrected chi connectivity index (χ4v) is 3.93. The van der Waals surface area contributed by atoms with E-state index in [1.165, 1.54) is 0 Å². The molecule has 1 amide bonds. The average Bonchev–Trinajstić information content (AvgIpc) is 2.73. The third-order valence-electron chi connectivity index (χ3n) is 5.70. The summed E-state index contributed by atoms with van der Waals surface area (Å²) >= 11 is 0. The van der Waals surface area contributed by atoms with Crippen LogP contribution in [0.25, 0.3) is 22.3 Å². The van der Waals surface area contributed by atoms with Gasteiger partial charge in [0.15, 0.2) is 0 Å².